The van der Waals surface area contributed by atoms with Crippen molar-refractivity contribution in [3.63, 3.8) is 0 Å². The topological polar surface area (TPSA) is 92.4 Å². The SMILES string of the molecule is c1cnc2cc(-c3n[nH]c4ccc(-c5cncc(OC6CCCCC6)c5)nc34)[nH]c2c1. The molecule has 0 atom stereocenters. The molecule has 0 spiro atoms. The molecule has 7 heteroatoms. The molecule has 5 aromatic heterocycles. The summed E-state index contributed by atoms with van der Waals surface area (Å²) in [7, 11) is 0. The Morgan fingerprint density at radius 2 is 1.90 bits per heavy atom. The van der Waals surface area contributed by atoms with Crippen LogP contribution < -0.4 is 4.74 Å². The Morgan fingerprint density at radius 1 is 0.968 bits per heavy atom. The molecule has 1 aliphatic rings. The fourth-order valence-electron chi connectivity index (χ4n) is 4.33. The van der Waals surface area contributed by atoms with Crippen LogP contribution in [0.4, 0.5) is 0 Å². The summed E-state index contributed by atoms with van der Waals surface area (Å²) < 4.78 is 6.20. The van der Waals surface area contributed by atoms with Crippen molar-refractivity contribution in [2.75, 3.05) is 0 Å². The highest BCUT2D eigenvalue weighted by atomic mass is 16.5. The molecule has 7 nitrogen and oxygen atoms in total. The Morgan fingerprint density at radius 3 is 2.81 bits per heavy atom. The molecule has 154 valence electrons. The van der Waals surface area contributed by atoms with Crippen LogP contribution in [0.5, 0.6) is 5.75 Å². The van der Waals surface area contributed by atoms with Crippen LogP contribution in [-0.4, -0.2) is 36.2 Å². The van der Waals surface area contributed by atoms with Gasteiger partial charge in [-0.05, 0) is 62.1 Å². The van der Waals surface area contributed by atoms with Gasteiger partial charge in [0, 0.05) is 18.0 Å². The minimum atomic E-state index is 0.289. The molecule has 0 radical (unpaired) electrons. The molecular formula is C24H22N6O. The van der Waals surface area contributed by atoms with Crippen LogP contribution in [0.1, 0.15) is 32.1 Å². The van der Waals surface area contributed by atoms with Gasteiger partial charge in [0.05, 0.1) is 40.2 Å². The predicted octanol–water partition coefficient (Wildman–Crippen LogP) is 5.27. The van der Waals surface area contributed by atoms with Gasteiger partial charge in [-0.15, -0.1) is 0 Å². The third-order valence-corrected chi connectivity index (χ3v) is 5.92. The van der Waals surface area contributed by atoms with Crippen LogP contribution in [0.3, 0.4) is 0 Å². The molecule has 2 N–H and O–H groups in total. The molecule has 1 saturated carbocycles. The second-order valence-corrected chi connectivity index (χ2v) is 8.07. The number of hydrogen-bond acceptors (Lipinski definition) is 5. The smallest absolute Gasteiger partial charge is 0.138 e. The lowest BCUT2D eigenvalue weighted by molar-refractivity contribution is 0.154. The molecule has 1 fully saturated rings. The number of pyridine rings is 3. The number of aromatic amines is 2. The zero-order valence-corrected chi connectivity index (χ0v) is 17.0. The summed E-state index contributed by atoms with van der Waals surface area (Å²) >= 11 is 0. The van der Waals surface area contributed by atoms with E-state index in [4.69, 9.17) is 9.72 Å². The van der Waals surface area contributed by atoms with Crippen molar-refractivity contribution in [2.24, 2.45) is 0 Å². The fourth-order valence-corrected chi connectivity index (χ4v) is 4.33. The summed E-state index contributed by atoms with van der Waals surface area (Å²) in [5.74, 6) is 0.806. The highest BCUT2D eigenvalue weighted by molar-refractivity contribution is 5.93. The second-order valence-electron chi connectivity index (χ2n) is 8.07. The van der Waals surface area contributed by atoms with E-state index < -0.39 is 0 Å². The van der Waals surface area contributed by atoms with Crippen LogP contribution in [0.2, 0.25) is 0 Å². The van der Waals surface area contributed by atoms with Gasteiger partial charge in [-0.3, -0.25) is 15.1 Å². The summed E-state index contributed by atoms with van der Waals surface area (Å²) in [5.41, 5.74) is 7.00. The maximum absolute atomic E-state index is 6.20. The van der Waals surface area contributed by atoms with E-state index >= 15 is 0 Å². The van der Waals surface area contributed by atoms with Crippen molar-refractivity contribution < 1.29 is 4.74 Å². The van der Waals surface area contributed by atoms with Crippen molar-refractivity contribution in [3.8, 4) is 28.4 Å². The molecule has 5 aromatic rings. The van der Waals surface area contributed by atoms with Gasteiger partial charge < -0.3 is 9.72 Å². The molecule has 0 bridgehead atoms. The van der Waals surface area contributed by atoms with Gasteiger partial charge in [-0.2, -0.15) is 5.10 Å². The van der Waals surface area contributed by atoms with Crippen molar-refractivity contribution in [2.45, 2.75) is 38.2 Å². The lowest BCUT2D eigenvalue weighted by Crippen LogP contribution is -2.19. The van der Waals surface area contributed by atoms with E-state index in [0.717, 1.165) is 63.3 Å². The Labute approximate surface area is 178 Å². The molecule has 1 aliphatic carbocycles. The van der Waals surface area contributed by atoms with Crippen LogP contribution in [0, 0.1) is 0 Å². The lowest BCUT2D eigenvalue weighted by atomic mass is 9.98. The Kier molecular flexibility index (Phi) is 4.37. The van der Waals surface area contributed by atoms with Gasteiger partial charge in [-0.25, -0.2) is 4.98 Å². The summed E-state index contributed by atoms with van der Waals surface area (Å²) in [6, 6.07) is 11.9. The Balaban J connectivity index is 1.36. The predicted molar refractivity (Wildman–Crippen MR) is 120 cm³/mol. The maximum atomic E-state index is 6.20. The third kappa shape index (κ3) is 3.42. The average molecular weight is 410 g/mol. The van der Waals surface area contributed by atoms with Crippen molar-refractivity contribution >= 4 is 22.1 Å². The Bertz CT molecular complexity index is 1330. The van der Waals surface area contributed by atoms with Crippen LogP contribution in [0.25, 0.3) is 44.7 Å². The zero-order chi connectivity index (χ0) is 20.6. The number of hydrogen-bond donors (Lipinski definition) is 2. The first-order valence-electron chi connectivity index (χ1n) is 10.7. The quantitative estimate of drug-likeness (QED) is 0.421. The average Bonchev–Trinajstić information content (AvgIpc) is 3.43. The van der Waals surface area contributed by atoms with E-state index in [1.54, 1.807) is 12.4 Å². The van der Waals surface area contributed by atoms with Crippen molar-refractivity contribution in [1.82, 2.24) is 30.1 Å². The molecule has 31 heavy (non-hydrogen) atoms. The van der Waals surface area contributed by atoms with E-state index in [1.807, 2.05) is 42.6 Å². The normalized spacial score (nSPS) is 15.0. The molecular weight excluding hydrogens is 388 g/mol. The van der Waals surface area contributed by atoms with E-state index in [0.29, 0.717) is 0 Å². The number of H-pyrrole nitrogens is 2. The summed E-state index contributed by atoms with van der Waals surface area (Å²) in [6.07, 6.45) is 11.7. The van der Waals surface area contributed by atoms with E-state index in [1.165, 1.54) is 19.3 Å². The minimum absolute atomic E-state index is 0.289. The number of fused-ring (bicyclic) bond motifs is 2. The lowest BCUT2D eigenvalue weighted by Gasteiger charge is -2.22. The van der Waals surface area contributed by atoms with Crippen LogP contribution in [-0.2, 0) is 0 Å². The van der Waals surface area contributed by atoms with Crippen molar-refractivity contribution in [1.29, 1.82) is 0 Å². The first-order valence-corrected chi connectivity index (χ1v) is 10.7. The molecule has 0 unspecified atom stereocenters. The summed E-state index contributed by atoms with van der Waals surface area (Å²) in [4.78, 5) is 17.1. The van der Waals surface area contributed by atoms with Crippen LogP contribution >= 0.6 is 0 Å². The van der Waals surface area contributed by atoms with E-state index in [-0.39, 0.29) is 6.10 Å². The molecule has 0 saturated heterocycles. The van der Waals surface area contributed by atoms with Gasteiger partial charge >= 0.3 is 0 Å². The van der Waals surface area contributed by atoms with Gasteiger partial charge in [0.2, 0.25) is 0 Å². The second kappa shape index (κ2) is 7.50. The van der Waals surface area contributed by atoms with Gasteiger partial charge in [0.1, 0.15) is 17.0 Å². The molecule has 6 rings (SSSR count). The fraction of sp³-hybridized carbons (Fsp3) is 0.250. The van der Waals surface area contributed by atoms with E-state index in [2.05, 4.69) is 25.1 Å². The molecule has 5 heterocycles. The molecule has 0 aliphatic heterocycles. The first kappa shape index (κ1) is 18.1. The maximum Gasteiger partial charge on any atom is 0.138 e. The van der Waals surface area contributed by atoms with Gasteiger partial charge in [0.15, 0.2) is 0 Å². The van der Waals surface area contributed by atoms with E-state index in [9.17, 15) is 0 Å². The largest absolute Gasteiger partial charge is 0.489 e. The minimum Gasteiger partial charge on any atom is -0.489 e. The zero-order valence-electron chi connectivity index (χ0n) is 17.0. The van der Waals surface area contributed by atoms with Gasteiger partial charge in [0.25, 0.3) is 0 Å². The number of nitrogens with zero attached hydrogens (tertiary/aromatic N) is 4. The standard InChI is InChI=1S/C24H22N6O/c1-2-5-16(6-3-1)31-17-11-15(13-25-14-17)18-8-9-20-23(28-18)24(30-29-20)22-12-21-19(27-22)7-4-10-26-21/h4,7-14,16,27H,1-3,5-6H2,(H,29,30). The van der Waals surface area contributed by atoms with Crippen molar-refractivity contribution in [3.05, 3.63) is 55.0 Å². The summed E-state index contributed by atoms with van der Waals surface area (Å²) in [5, 5.41) is 7.59. The molecule has 0 amide bonds. The first-order chi connectivity index (χ1) is 15.3. The van der Waals surface area contributed by atoms with Gasteiger partial charge in [-0.1, -0.05) is 6.42 Å². The highest BCUT2D eigenvalue weighted by Crippen LogP contribution is 2.30. The number of nitrogens with one attached hydrogen (secondary N) is 2. The number of rotatable bonds is 4. The number of ether oxygens (including phenoxy) is 1. The molecule has 0 aromatic carbocycles. The van der Waals surface area contributed by atoms with Crippen LogP contribution in [0.15, 0.2) is 55.0 Å². The Hall–Kier alpha value is -3.74. The monoisotopic (exact) mass is 410 g/mol. The number of aromatic nitrogens is 6. The highest BCUT2D eigenvalue weighted by Gasteiger charge is 2.17. The third-order valence-electron chi connectivity index (χ3n) is 5.92. The summed E-state index contributed by atoms with van der Waals surface area (Å²) in [6.45, 7) is 0.